The van der Waals surface area contributed by atoms with E-state index in [4.69, 9.17) is 4.42 Å². The van der Waals surface area contributed by atoms with Crippen molar-refractivity contribution in [3.8, 4) is 0 Å². The minimum absolute atomic E-state index is 0. The van der Waals surface area contributed by atoms with Crippen molar-refractivity contribution in [2.24, 2.45) is 0 Å². The van der Waals surface area contributed by atoms with E-state index in [0.29, 0.717) is 16.9 Å². The van der Waals surface area contributed by atoms with Crippen molar-refractivity contribution in [1.82, 2.24) is 9.97 Å². The van der Waals surface area contributed by atoms with Crippen molar-refractivity contribution >= 4 is 51.8 Å². The number of benzene rings is 1. The number of rotatable bonds is 2. The lowest BCUT2D eigenvalue weighted by atomic mass is 10.2. The lowest BCUT2D eigenvalue weighted by molar-refractivity contribution is 0.262. The number of urea groups is 1. The minimum atomic E-state index is -0.351. The van der Waals surface area contributed by atoms with Gasteiger partial charge < -0.3 is 15.1 Å². The van der Waals surface area contributed by atoms with Crippen molar-refractivity contribution in [1.29, 1.82) is 0 Å². The number of nitrogens with zero attached hydrogens (tertiary/aromatic N) is 2. The third kappa shape index (κ3) is 3.39. The molecule has 4 aromatic rings. The quantitative estimate of drug-likeness (QED) is 0.544. The standard InChI is InChI=1S/C18H14N4O2.ClH/c1-11-9-12-4-5-13(10-16(12)24-11)21-18(23)22-15-6-8-19-14-3-2-7-20-17(14)15;/h2-10H,1H3,(H2,19,21,22,23);1H. The van der Waals surface area contributed by atoms with Crippen LogP contribution in [0, 0.1) is 6.92 Å². The number of hydrogen-bond donors (Lipinski definition) is 2. The number of pyridine rings is 2. The Morgan fingerprint density at radius 2 is 1.92 bits per heavy atom. The predicted molar refractivity (Wildman–Crippen MR) is 100 cm³/mol. The molecule has 3 heterocycles. The second-order valence-corrected chi connectivity index (χ2v) is 5.42. The van der Waals surface area contributed by atoms with E-state index in [1.165, 1.54) is 0 Å². The van der Waals surface area contributed by atoms with Crippen LogP contribution in [0.3, 0.4) is 0 Å². The number of anilines is 2. The first kappa shape index (κ1) is 16.7. The fourth-order valence-corrected chi connectivity index (χ4v) is 2.61. The van der Waals surface area contributed by atoms with Gasteiger partial charge in [-0.2, -0.15) is 0 Å². The summed E-state index contributed by atoms with van der Waals surface area (Å²) in [6, 6.07) is 12.5. The van der Waals surface area contributed by atoms with E-state index in [2.05, 4.69) is 20.6 Å². The summed E-state index contributed by atoms with van der Waals surface area (Å²) in [5.74, 6) is 0.834. The summed E-state index contributed by atoms with van der Waals surface area (Å²) in [7, 11) is 0. The van der Waals surface area contributed by atoms with Gasteiger partial charge in [0.25, 0.3) is 0 Å². The maximum Gasteiger partial charge on any atom is 0.323 e. The van der Waals surface area contributed by atoms with E-state index >= 15 is 0 Å². The molecule has 6 nitrogen and oxygen atoms in total. The summed E-state index contributed by atoms with van der Waals surface area (Å²) in [5, 5.41) is 6.60. The molecular weight excluding hydrogens is 340 g/mol. The fourth-order valence-electron chi connectivity index (χ4n) is 2.61. The smallest absolute Gasteiger partial charge is 0.323 e. The first-order valence-electron chi connectivity index (χ1n) is 7.47. The van der Waals surface area contributed by atoms with E-state index in [-0.39, 0.29) is 18.4 Å². The monoisotopic (exact) mass is 354 g/mol. The van der Waals surface area contributed by atoms with Crippen molar-refractivity contribution < 1.29 is 9.21 Å². The Bertz CT molecular complexity index is 1060. The van der Waals surface area contributed by atoms with Crippen LogP contribution in [-0.4, -0.2) is 16.0 Å². The van der Waals surface area contributed by atoms with Gasteiger partial charge in [0.1, 0.15) is 16.9 Å². The average Bonchev–Trinajstić information content (AvgIpc) is 2.94. The largest absolute Gasteiger partial charge is 0.461 e. The Kier molecular flexibility index (Phi) is 4.54. The molecule has 0 atom stereocenters. The van der Waals surface area contributed by atoms with Gasteiger partial charge in [0, 0.05) is 29.5 Å². The third-order valence-electron chi connectivity index (χ3n) is 3.65. The number of nitrogens with one attached hydrogen (secondary N) is 2. The summed E-state index contributed by atoms with van der Waals surface area (Å²) in [4.78, 5) is 20.8. The molecule has 2 N–H and O–H groups in total. The number of hydrogen-bond acceptors (Lipinski definition) is 4. The van der Waals surface area contributed by atoms with Gasteiger partial charge in [-0.3, -0.25) is 9.97 Å². The molecule has 3 aromatic heterocycles. The summed E-state index contributed by atoms with van der Waals surface area (Å²) in [6.07, 6.45) is 3.30. The van der Waals surface area contributed by atoms with Gasteiger partial charge in [-0.15, -0.1) is 12.4 Å². The lowest BCUT2D eigenvalue weighted by Gasteiger charge is -2.09. The molecule has 25 heavy (non-hydrogen) atoms. The van der Waals surface area contributed by atoms with Gasteiger partial charge in [0.2, 0.25) is 0 Å². The van der Waals surface area contributed by atoms with Gasteiger partial charge in [0.05, 0.1) is 11.2 Å². The highest BCUT2D eigenvalue weighted by atomic mass is 35.5. The van der Waals surface area contributed by atoms with Gasteiger partial charge >= 0.3 is 6.03 Å². The topological polar surface area (TPSA) is 80.0 Å². The van der Waals surface area contributed by atoms with Crippen LogP contribution < -0.4 is 10.6 Å². The average molecular weight is 355 g/mol. The number of aryl methyl sites for hydroxylation is 1. The van der Waals surface area contributed by atoms with E-state index in [1.54, 1.807) is 30.6 Å². The number of aromatic nitrogens is 2. The zero-order chi connectivity index (χ0) is 16.5. The van der Waals surface area contributed by atoms with Crippen LogP contribution in [0.15, 0.2) is 59.3 Å². The molecule has 4 rings (SSSR count). The molecule has 0 aliphatic carbocycles. The Morgan fingerprint density at radius 1 is 1.04 bits per heavy atom. The van der Waals surface area contributed by atoms with Crippen LogP contribution in [0.25, 0.3) is 22.0 Å². The Hall–Kier alpha value is -3.12. The molecule has 0 radical (unpaired) electrons. The van der Waals surface area contributed by atoms with Crippen LogP contribution in [0.1, 0.15) is 5.76 Å². The summed E-state index contributed by atoms with van der Waals surface area (Å²) in [6.45, 7) is 1.89. The highest BCUT2D eigenvalue weighted by molar-refractivity contribution is 6.04. The number of carbonyl (C=O) groups excluding carboxylic acids is 1. The van der Waals surface area contributed by atoms with E-state index in [1.807, 2.05) is 31.2 Å². The van der Waals surface area contributed by atoms with E-state index in [9.17, 15) is 4.79 Å². The number of furan rings is 1. The van der Waals surface area contributed by atoms with Crippen molar-refractivity contribution in [3.05, 3.63) is 60.6 Å². The van der Waals surface area contributed by atoms with Crippen molar-refractivity contribution in [2.75, 3.05) is 10.6 Å². The molecule has 0 bridgehead atoms. The molecule has 1 aromatic carbocycles. The van der Waals surface area contributed by atoms with Crippen molar-refractivity contribution in [2.45, 2.75) is 6.92 Å². The molecule has 2 amide bonds. The summed E-state index contributed by atoms with van der Waals surface area (Å²) >= 11 is 0. The highest BCUT2D eigenvalue weighted by Crippen LogP contribution is 2.23. The maximum atomic E-state index is 12.3. The Balaban J connectivity index is 0.00000182. The third-order valence-corrected chi connectivity index (χ3v) is 3.65. The van der Waals surface area contributed by atoms with Gasteiger partial charge in [0.15, 0.2) is 0 Å². The highest BCUT2D eigenvalue weighted by Gasteiger charge is 2.08. The summed E-state index contributed by atoms with van der Waals surface area (Å²) < 4.78 is 5.58. The summed E-state index contributed by atoms with van der Waals surface area (Å²) in [5.41, 5.74) is 3.37. The molecule has 0 aliphatic heterocycles. The molecule has 126 valence electrons. The van der Waals surface area contributed by atoms with Crippen LogP contribution >= 0.6 is 12.4 Å². The SMILES string of the molecule is Cc1cc2ccc(NC(=O)Nc3ccnc4cccnc34)cc2o1.Cl. The maximum absolute atomic E-state index is 12.3. The number of fused-ring (bicyclic) bond motifs is 2. The van der Waals surface area contributed by atoms with E-state index < -0.39 is 0 Å². The second kappa shape index (κ2) is 6.78. The molecule has 0 unspecified atom stereocenters. The van der Waals surface area contributed by atoms with Crippen LogP contribution in [0.5, 0.6) is 0 Å². The van der Waals surface area contributed by atoms with Crippen LogP contribution in [0.4, 0.5) is 16.2 Å². The van der Waals surface area contributed by atoms with Crippen LogP contribution in [0.2, 0.25) is 0 Å². The molecule has 0 spiro atoms. The molecule has 0 aliphatic rings. The minimum Gasteiger partial charge on any atom is -0.461 e. The first-order valence-corrected chi connectivity index (χ1v) is 7.47. The number of carbonyl (C=O) groups is 1. The molecular formula is C18H15ClN4O2. The molecule has 7 heteroatoms. The molecule has 0 fully saturated rings. The Morgan fingerprint density at radius 3 is 2.80 bits per heavy atom. The molecule has 0 saturated carbocycles. The van der Waals surface area contributed by atoms with Gasteiger partial charge in [-0.05, 0) is 43.3 Å². The second-order valence-electron chi connectivity index (χ2n) is 5.42. The normalized spacial score (nSPS) is 10.4. The fraction of sp³-hybridized carbons (Fsp3) is 0.0556. The zero-order valence-electron chi connectivity index (χ0n) is 13.3. The lowest BCUT2D eigenvalue weighted by Crippen LogP contribution is -2.19. The van der Waals surface area contributed by atoms with Gasteiger partial charge in [-0.25, -0.2) is 4.79 Å². The van der Waals surface area contributed by atoms with E-state index in [0.717, 1.165) is 22.2 Å². The zero-order valence-corrected chi connectivity index (χ0v) is 14.1. The number of halogens is 1. The Labute approximate surface area is 149 Å². The molecule has 0 saturated heterocycles. The van der Waals surface area contributed by atoms with Crippen LogP contribution in [-0.2, 0) is 0 Å². The first-order chi connectivity index (χ1) is 11.7. The van der Waals surface area contributed by atoms with Gasteiger partial charge in [-0.1, -0.05) is 0 Å². The number of amides is 2. The predicted octanol–water partition coefficient (Wildman–Crippen LogP) is 4.75. The van der Waals surface area contributed by atoms with Crippen molar-refractivity contribution in [3.63, 3.8) is 0 Å².